The van der Waals surface area contributed by atoms with Gasteiger partial charge in [0.2, 0.25) is 0 Å². The maximum Gasteiger partial charge on any atom is 0.254 e. The Balaban J connectivity index is 1.31. The molecule has 1 unspecified atom stereocenters. The fraction of sp³-hybridized carbons (Fsp3) is 0.286. The van der Waals surface area contributed by atoms with Gasteiger partial charge in [0.05, 0.1) is 11.6 Å². The number of carbonyl (C=O) groups is 1. The van der Waals surface area contributed by atoms with Gasteiger partial charge in [-0.25, -0.2) is 9.37 Å². The van der Waals surface area contributed by atoms with Crippen LogP contribution in [0.3, 0.4) is 0 Å². The highest BCUT2D eigenvalue weighted by atomic mass is 19.1. The summed E-state index contributed by atoms with van der Waals surface area (Å²) in [5.74, 6) is 0.597. The second-order valence-corrected chi connectivity index (χ2v) is 9.36. The number of nitrogens with zero attached hydrogens (tertiary/aromatic N) is 3. The second kappa shape index (κ2) is 9.89. The molecule has 0 spiro atoms. The van der Waals surface area contributed by atoms with Crippen LogP contribution in [0.4, 0.5) is 10.2 Å². The maximum absolute atomic E-state index is 15.0. The van der Waals surface area contributed by atoms with Gasteiger partial charge in [0, 0.05) is 37.8 Å². The molecule has 3 aliphatic rings. The van der Waals surface area contributed by atoms with E-state index in [2.05, 4.69) is 15.2 Å². The summed E-state index contributed by atoms with van der Waals surface area (Å²) in [7, 11) is 0. The lowest BCUT2D eigenvalue weighted by Crippen LogP contribution is -2.36. The van der Waals surface area contributed by atoms with E-state index < -0.39 is 17.8 Å². The van der Waals surface area contributed by atoms with Gasteiger partial charge in [0.25, 0.3) is 5.91 Å². The zero-order chi connectivity index (χ0) is 25.2. The number of hydrogen-bond acceptors (Lipinski definition) is 5. The number of nitrogens with one attached hydrogen (secondary N) is 3. The van der Waals surface area contributed by atoms with Gasteiger partial charge in [0.1, 0.15) is 23.3 Å². The van der Waals surface area contributed by atoms with Crippen molar-refractivity contribution in [2.75, 3.05) is 18.0 Å². The normalized spacial score (nSPS) is 19.4. The monoisotopic (exact) mass is 484 g/mol. The standard InChI is InChI=1S/C28H29FN6O/c1-18-14-20(27(31)35-12-5-8-25(35)30)6-4-7-24(18)33-28(36)22-15-21-17-34(26-9-2-3-11-32-26)13-10-19(21)16-23(22)29/h2-4,6-7,9,11,14-16,24,30-31H,5,8,10,12-13,17H2,1H3,(H,33,36). The van der Waals surface area contributed by atoms with Crippen molar-refractivity contribution in [1.82, 2.24) is 15.2 Å². The molecule has 3 heterocycles. The van der Waals surface area contributed by atoms with E-state index in [0.29, 0.717) is 37.3 Å². The van der Waals surface area contributed by atoms with Crippen LogP contribution in [0.2, 0.25) is 0 Å². The van der Waals surface area contributed by atoms with Gasteiger partial charge in [-0.15, -0.1) is 0 Å². The van der Waals surface area contributed by atoms with E-state index in [1.165, 1.54) is 6.07 Å². The van der Waals surface area contributed by atoms with Crippen molar-refractivity contribution in [2.24, 2.45) is 0 Å². The zero-order valence-electron chi connectivity index (χ0n) is 20.2. The Bertz CT molecular complexity index is 1310. The molecule has 36 heavy (non-hydrogen) atoms. The molecule has 1 fully saturated rings. The zero-order valence-corrected chi connectivity index (χ0v) is 20.2. The number of aromatic nitrogens is 1. The third kappa shape index (κ3) is 4.71. The number of carbonyl (C=O) groups excluding carboxylic acids is 1. The van der Waals surface area contributed by atoms with Crippen LogP contribution >= 0.6 is 0 Å². The first kappa shape index (κ1) is 23.7. The van der Waals surface area contributed by atoms with E-state index >= 15 is 0 Å². The van der Waals surface area contributed by atoms with E-state index in [9.17, 15) is 9.18 Å². The van der Waals surface area contributed by atoms with Crippen LogP contribution in [0.25, 0.3) is 0 Å². The Hall–Kier alpha value is -4.07. The van der Waals surface area contributed by atoms with Crippen molar-refractivity contribution in [3.05, 3.63) is 94.5 Å². The molecule has 1 aromatic carbocycles. The molecular formula is C28H29FN6O. The fourth-order valence-corrected chi connectivity index (χ4v) is 4.90. The summed E-state index contributed by atoms with van der Waals surface area (Å²) < 4.78 is 15.0. The molecule has 2 aliphatic heterocycles. The summed E-state index contributed by atoms with van der Waals surface area (Å²) in [6.07, 6.45) is 11.3. The molecule has 8 heteroatoms. The van der Waals surface area contributed by atoms with Crippen molar-refractivity contribution < 1.29 is 9.18 Å². The highest BCUT2D eigenvalue weighted by Crippen LogP contribution is 2.26. The number of hydrogen-bond donors (Lipinski definition) is 3. The van der Waals surface area contributed by atoms with Crippen molar-refractivity contribution in [2.45, 2.75) is 38.8 Å². The van der Waals surface area contributed by atoms with Gasteiger partial charge in [-0.1, -0.05) is 24.3 Å². The molecule has 184 valence electrons. The SMILES string of the molecule is CC1=CC(C(=N)N2CCCC2=N)=CC=CC1NC(=O)c1cc2c(cc1F)CCN(c1ccccn1)C2. The molecule has 1 atom stereocenters. The molecule has 1 amide bonds. The van der Waals surface area contributed by atoms with Gasteiger partial charge < -0.3 is 15.1 Å². The summed E-state index contributed by atoms with van der Waals surface area (Å²) in [6, 6.07) is 8.47. The number of likely N-dealkylation sites (tertiary alicyclic amines) is 1. The van der Waals surface area contributed by atoms with Gasteiger partial charge in [0.15, 0.2) is 0 Å². The second-order valence-electron chi connectivity index (χ2n) is 9.36. The molecule has 1 aromatic heterocycles. The molecular weight excluding hydrogens is 455 g/mol. The van der Waals surface area contributed by atoms with Gasteiger partial charge >= 0.3 is 0 Å². The third-order valence-electron chi connectivity index (χ3n) is 6.92. The van der Waals surface area contributed by atoms with E-state index in [-0.39, 0.29) is 11.4 Å². The van der Waals surface area contributed by atoms with Crippen molar-refractivity contribution in [3.8, 4) is 0 Å². The van der Waals surface area contributed by atoms with Crippen LogP contribution in [0.1, 0.15) is 41.3 Å². The number of rotatable bonds is 4. The summed E-state index contributed by atoms with van der Waals surface area (Å²) in [5.41, 5.74) is 3.38. The lowest BCUT2D eigenvalue weighted by atomic mass is 9.96. The summed E-state index contributed by atoms with van der Waals surface area (Å²) >= 11 is 0. The molecule has 1 aliphatic carbocycles. The molecule has 1 saturated heterocycles. The number of halogens is 1. The van der Waals surface area contributed by atoms with Crippen LogP contribution in [0.5, 0.6) is 0 Å². The predicted octanol–water partition coefficient (Wildman–Crippen LogP) is 4.37. The first-order chi connectivity index (χ1) is 17.4. The van der Waals surface area contributed by atoms with Crippen molar-refractivity contribution >= 4 is 23.4 Å². The Morgan fingerprint density at radius 2 is 2.06 bits per heavy atom. The molecule has 0 bridgehead atoms. The largest absolute Gasteiger partial charge is 0.352 e. The number of allylic oxidation sites excluding steroid dienone is 2. The Labute approximate surface area is 210 Å². The molecule has 3 N–H and O–H groups in total. The predicted molar refractivity (Wildman–Crippen MR) is 139 cm³/mol. The Morgan fingerprint density at radius 1 is 1.19 bits per heavy atom. The summed E-state index contributed by atoms with van der Waals surface area (Å²) in [5, 5.41) is 19.5. The number of pyridine rings is 1. The minimum atomic E-state index is -0.523. The lowest BCUT2D eigenvalue weighted by molar-refractivity contribution is 0.0944. The minimum Gasteiger partial charge on any atom is -0.352 e. The Morgan fingerprint density at radius 3 is 2.81 bits per heavy atom. The maximum atomic E-state index is 15.0. The molecule has 2 aromatic rings. The first-order valence-corrected chi connectivity index (χ1v) is 12.2. The number of amidine groups is 2. The van der Waals surface area contributed by atoms with Crippen LogP contribution in [0, 0.1) is 16.6 Å². The molecule has 0 saturated carbocycles. The lowest BCUT2D eigenvalue weighted by Gasteiger charge is -2.30. The quantitative estimate of drug-likeness (QED) is 0.443. The molecule has 0 radical (unpaired) electrons. The fourth-order valence-electron chi connectivity index (χ4n) is 4.90. The van der Waals surface area contributed by atoms with E-state index in [0.717, 1.165) is 35.5 Å². The molecule has 5 rings (SSSR count). The Kier molecular flexibility index (Phi) is 6.50. The highest BCUT2D eigenvalue weighted by Gasteiger charge is 2.25. The number of benzene rings is 1. The van der Waals surface area contributed by atoms with Crippen molar-refractivity contribution in [3.63, 3.8) is 0 Å². The van der Waals surface area contributed by atoms with E-state index in [1.54, 1.807) is 23.2 Å². The average molecular weight is 485 g/mol. The summed E-state index contributed by atoms with van der Waals surface area (Å²) in [6.45, 7) is 3.86. The first-order valence-electron chi connectivity index (χ1n) is 12.2. The van der Waals surface area contributed by atoms with Crippen molar-refractivity contribution in [1.29, 1.82) is 10.8 Å². The summed E-state index contributed by atoms with van der Waals surface area (Å²) in [4.78, 5) is 21.4. The smallest absolute Gasteiger partial charge is 0.254 e. The number of amides is 1. The molecule has 7 nitrogen and oxygen atoms in total. The topological polar surface area (TPSA) is 96.2 Å². The third-order valence-corrected chi connectivity index (χ3v) is 6.92. The van der Waals surface area contributed by atoms with E-state index in [4.69, 9.17) is 10.8 Å². The van der Waals surface area contributed by atoms with E-state index in [1.807, 2.05) is 43.4 Å². The average Bonchev–Trinajstić information content (AvgIpc) is 3.23. The van der Waals surface area contributed by atoms with Crippen LogP contribution in [-0.4, -0.2) is 46.6 Å². The van der Waals surface area contributed by atoms with Crippen LogP contribution < -0.4 is 10.2 Å². The van der Waals surface area contributed by atoms with Crippen LogP contribution in [0.15, 0.2) is 72.0 Å². The van der Waals surface area contributed by atoms with Gasteiger partial charge in [-0.05, 0) is 66.8 Å². The number of anilines is 1. The van der Waals surface area contributed by atoms with Gasteiger partial charge in [-0.2, -0.15) is 0 Å². The van der Waals surface area contributed by atoms with Gasteiger partial charge in [-0.3, -0.25) is 15.6 Å². The highest BCUT2D eigenvalue weighted by molar-refractivity contribution is 6.09. The minimum absolute atomic E-state index is 0.0218. The van der Waals surface area contributed by atoms with Crippen LogP contribution in [-0.2, 0) is 13.0 Å². The number of fused-ring (bicyclic) bond motifs is 1.